The van der Waals surface area contributed by atoms with Gasteiger partial charge in [0.15, 0.2) is 17.3 Å². The molecule has 2 N–H and O–H groups in total. The van der Waals surface area contributed by atoms with Crippen LogP contribution in [0.2, 0.25) is 0 Å². The molecule has 134 valence electrons. The number of nitrogens with zero attached hydrogens (tertiary/aromatic N) is 1. The van der Waals surface area contributed by atoms with Gasteiger partial charge in [-0.2, -0.15) is 0 Å². The highest BCUT2D eigenvalue weighted by Gasteiger charge is 2.49. The van der Waals surface area contributed by atoms with E-state index in [1.54, 1.807) is 43.5 Å². The molecule has 0 saturated carbocycles. The number of amides is 3. The maximum absolute atomic E-state index is 12.9. The normalized spacial score (nSPS) is 21.7. The molecule has 1 fully saturated rings. The minimum Gasteiger partial charge on any atom is -0.486 e. The maximum atomic E-state index is 12.9. The van der Waals surface area contributed by atoms with Crippen molar-refractivity contribution in [1.29, 1.82) is 0 Å². The second kappa shape index (κ2) is 5.91. The number of benzene rings is 1. The number of rotatable bonds is 4. The van der Waals surface area contributed by atoms with Gasteiger partial charge in [0.25, 0.3) is 5.91 Å². The first-order valence-corrected chi connectivity index (χ1v) is 8.20. The lowest BCUT2D eigenvalue weighted by Gasteiger charge is -2.25. The number of aromatic amines is 1. The Morgan fingerprint density at radius 1 is 1.19 bits per heavy atom. The Hall–Kier alpha value is -3.29. The predicted octanol–water partition coefficient (Wildman–Crippen LogP) is 1.44. The van der Waals surface area contributed by atoms with Crippen LogP contribution in [0.5, 0.6) is 11.5 Å². The van der Waals surface area contributed by atoms with Crippen LogP contribution in [0.3, 0.4) is 0 Å². The number of hydrogen-bond donors (Lipinski definition) is 2. The second-order valence-corrected chi connectivity index (χ2v) is 6.31. The molecule has 2 aliphatic heterocycles. The van der Waals surface area contributed by atoms with Gasteiger partial charge in [0.1, 0.15) is 18.8 Å². The third kappa shape index (κ3) is 2.50. The minimum absolute atomic E-state index is 0.328. The second-order valence-electron chi connectivity index (χ2n) is 6.31. The van der Waals surface area contributed by atoms with E-state index in [2.05, 4.69) is 10.3 Å². The van der Waals surface area contributed by atoms with E-state index in [9.17, 15) is 14.4 Å². The fraction of sp³-hybridized carbons (Fsp3) is 0.278. The molecule has 1 aromatic heterocycles. The number of carbonyl (C=O) groups is 3. The summed E-state index contributed by atoms with van der Waals surface area (Å²) in [4.78, 5) is 41.2. The average molecular weight is 355 g/mol. The molecule has 1 saturated heterocycles. The van der Waals surface area contributed by atoms with Crippen LogP contribution in [0.1, 0.15) is 23.0 Å². The summed E-state index contributed by atoms with van der Waals surface area (Å²) in [7, 11) is 0. The summed E-state index contributed by atoms with van der Waals surface area (Å²) >= 11 is 0. The van der Waals surface area contributed by atoms with Crippen molar-refractivity contribution < 1.29 is 23.9 Å². The number of fused-ring (bicyclic) bond motifs is 1. The molecule has 0 spiro atoms. The third-order valence-electron chi connectivity index (χ3n) is 4.59. The highest BCUT2D eigenvalue weighted by molar-refractivity contribution is 6.11. The number of aromatic nitrogens is 1. The van der Waals surface area contributed by atoms with E-state index in [0.29, 0.717) is 36.0 Å². The monoisotopic (exact) mass is 355 g/mol. The zero-order chi connectivity index (χ0) is 18.3. The van der Waals surface area contributed by atoms with Crippen LogP contribution in [0.15, 0.2) is 36.5 Å². The molecule has 26 heavy (non-hydrogen) atoms. The van der Waals surface area contributed by atoms with Gasteiger partial charge >= 0.3 is 6.03 Å². The highest BCUT2D eigenvalue weighted by Crippen LogP contribution is 2.36. The van der Waals surface area contributed by atoms with Crippen molar-refractivity contribution in [2.75, 3.05) is 19.8 Å². The van der Waals surface area contributed by atoms with Crippen molar-refractivity contribution in [3.63, 3.8) is 0 Å². The fourth-order valence-corrected chi connectivity index (χ4v) is 3.12. The molecule has 1 aromatic carbocycles. The summed E-state index contributed by atoms with van der Waals surface area (Å²) in [5.41, 5.74) is -0.364. The molecular formula is C18H17N3O5. The number of ether oxygens (including phenoxy) is 2. The fourth-order valence-electron chi connectivity index (χ4n) is 3.12. The number of carbonyl (C=O) groups excluding carboxylic acids is 3. The molecule has 1 unspecified atom stereocenters. The van der Waals surface area contributed by atoms with Gasteiger partial charge in [-0.05, 0) is 36.8 Å². The SMILES string of the molecule is CC1(c2ccc3c(c2)OCCO3)NC(=O)N(CC(=O)c2ccc[nH]2)C1=O. The van der Waals surface area contributed by atoms with E-state index in [1.165, 1.54) is 0 Å². The van der Waals surface area contributed by atoms with Crippen molar-refractivity contribution in [2.24, 2.45) is 0 Å². The Morgan fingerprint density at radius 3 is 2.69 bits per heavy atom. The van der Waals surface area contributed by atoms with Crippen LogP contribution in [0.4, 0.5) is 4.79 Å². The van der Waals surface area contributed by atoms with Crippen molar-refractivity contribution in [3.8, 4) is 11.5 Å². The van der Waals surface area contributed by atoms with Crippen LogP contribution in [0, 0.1) is 0 Å². The van der Waals surface area contributed by atoms with Gasteiger partial charge in [-0.3, -0.25) is 14.5 Å². The van der Waals surface area contributed by atoms with E-state index in [-0.39, 0.29) is 12.3 Å². The largest absolute Gasteiger partial charge is 0.486 e. The number of ketones is 1. The molecule has 2 aliphatic rings. The Balaban J connectivity index is 1.60. The molecule has 0 bridgehead atoms. The smallest absolute Gasteiger partial charge is 0.325 e. The van der Waals surface area contributed by atoms with Gasteiger partial charge in [-0.25, -0.2) is 4.79 Å². The van der Waals surface area contributed by atoms with Gasteiger partial charge < -0.3 is 19.8 Å². The molecule has 3 amide bonds. The first-order chi connectivity index (χ1) is 12.5. The quantitative estimate of drug-likeness (QED) is 0.638. The van der Waals surface area contributed by atoms with Crippen molar-refractivity contribution in [3.05, 3.63) is 47.8 Å². The molecular weight excluding hydrogens is 338 g/mol. The zero-order valence-corrected chi connectivity index (χ0v) is 14.1. The molecule has 2 aromatic rings. The standard InChI is InChI=1S/C18H17N3O5/c1-18(11-4-5-14-15(9-11)26-8-7-25-14)16(23)21(17(24)20-18)10-13(22)12-3-2-6-19-12/h2-6,9,19H,7-8,10H2,1H3,(H,20,24). The van der Waals surface area contributed by atoms with Gasteiger partial charge in [-0.15, -0.1) is 0 Å². The highest BCUT2D eigenvalue weighted by atomic mass is 16.6. The summed E-state index contributed by atoms with van der Waals surface area (Å²) < 4.78 is 11.0. The van der Waals surface area contributed by atoms with Gasteiger partial charge in [0.2, 0.25) is 0 Å². The Morgan fingerprint density at radius 2 is 1.96 bits per heavy atom. The Bertz CT molecular complexity index is 892. The van der Waals surface area contributed by atoms with Crippen LogP contribution in [-0.4, -0.2) is 47.4 Å². The zero-order valence-electron chi connectivity index (χ0n) is 14.1. The van der Waals surface area contributed by atoms with E-state index in [1.807, 2.05) is 0 Å². The summed E-state index contributed by atoms with van der Waals surface area (Å²) in [5, 5.41) is 2.68. The Labute approximate surface area is 149 Å². The summed E-state index contributed by atoms with van der Waals surface area (Å²) in [6.07, 6.45) is 1.61. The van der Waals surface area contributed by atoms with Crippen LogP contribution in [-0.2, 0) is 10.3 Å². The number of imide groups is 1. The number of Topliss-reactive ketones (excluding diaryl/α,β-unsaturated/α-hetero) is 1. The summed E-state index contributed by atoms with van der Waals surface area (Å²) in [6.45, 7) is 2.17. The first kappa shape index (κ1) is 16.2. The van der Waals surface area contributed by atoms with Crippen LogP contribution < -0.4 is 14.8 Å². The number of H-pyrrole nitrogens is 1. The van der Waals surface area contributed by atoms with Crippen LogP contribution >= 0.6 is 0 Å². The number of nitrogens with one attached hydrogen (secondary N) is 2. The number of urea groups is 1. The molecule has 0 aliphatic carbocycles. The summed E-state index contributed by atoms with van der Waals surface area (Å²) in [5.74, 6) is 0.293. The molecule has 4 rings (SSSR count). The van der Waals surface area contributed by atoms with E-state index in [0.717, 1.165) is 4.90 Å². The average Bonchev–Trinajstić information content (AvgIpc) is 3.25. The minimum atomic E-state index is -1.27. The molecule has 8 heteroatoms. The van der Waals surface area contributed by atoms with Gasteiger partial charge in [0, 0.05) is 6.20 Å². The topological polar surface area (TPSA) is 101 Å². The lowest BCUT2D eigenvalue weighted by Crippen LogP contribution is -2.41. The predicted molar refractivity (Wildman–Crippen MR) is 90.2 cm³/mol. The van der Waals surface area contributed by atoms with E-state index in [4.69, 9.17) is 9.47 Å². The van der Waals surface area contributed by atoms with Crippen molar-refractivity contribution in [1.82, 2.24) is 15.2 Å². The first-order valence-electron chi connectivity index (χ1n) is 8.20. The van der Waals surface area contributed by atoms with E-state index >= 15 is 0 Å². The van der Waals surface area contributed by atoms with Crippen LogP contribution in [0.25, 0.3) is 0 Å². The van der Waals surface area contributed by atoms with Crippen molar-refractivity contribution >= 4 is 17.7 Å². The van der Waals surface area contributed by atoms with Gasteiger partial charge in [0.05, 0.1) is 12.2 Å². The Kier molecular flexibility index (Phi) is 3.68. The van der Waals surface area contributed by atoms with Gasteiger partial charge in [-0.1, -0.05) is 6.07 Å². The number of hydrogen-bond acceptors (Lipinski definition) is 5. The van der Waals surface area contributed by atoms with E-state index < -0.39 is 17.5 Å². The summed E-state index contributed by atoms with van der Waals surface area (Å²) in [6, 6.07) is 7.78. The molecule has 1 atom stereocenters. The molecule has 3 heterocycles. The maximum Gasteiger partial charge on any atom is 0.325 e. The van der Waals surface area contributed by atoms with Crippen molar-refractivity contribution in [2.45, 2.75) is 12.5 Å². The lowest BCUT2D eigenvalue weighted by molar-refractivity contribution is -0.130. The third-order valence-corrected chi connectivity index (χ3v) is 4.59. The molecule has 0 radical (unpaired) electrons. The molecule has 8 nitrogen and oxygen atoms in total. The lowest BCUT2D eigenvalue weighted by atomic mass is 9.91.